The normalized spacial score (nSPS) is 14.3. The number of carbonyl (C=O) groups is 1. The topological polar surface area (TPSA) is 84.7 Å². The van der Waals surface area contributed by atoms with Crippen LogP contribution in [0.15, 0.2) is 49.2 Å². The molecule has 0 unspecified atom stereocenters. The number of imidazole rings is 2. The maximum atomic E-state index is 12.7. The number of halogens is 2. The van der Waals surface area contributed by atoms with Gasteiger partial charge in [-0.25, -0.2) is 9.97 Å². The summed E-state index contributed by atoms with van der Waals surface area (Å²) in [5.74, 6) is 0.922. The number of amides is 1. The molecule has 0 atom stereocenters. The Balaban J connectivity index is 1.43. The summed E-state index contributed by atoms with van der Waals surface area (Å²) in [6.07, 6.45) is 7.28. The fraction of sp³-hybridized carbons (Fsp3) is 0.261. The first-order valence-corrected chi connectivity index (χ1v) is 11.4. The minimum absolute atomic E-state index is 0.0411. The predicted molar refractivity (Wildman–Crippen MR) is 130 cm³/mol. The molecule has 4 heterocycles. The Kier molecular flexibility index (Phi) is 5.74. The molecule has 0 radical (unpaired) electrons. The molecule has 0 spiro atoms. The molecule has 0 saturated carbocycles. The molecule has 1 amide bonds. The van der Waals surface area contributed by atoms with Crippen LogP contribution in [0.25, 0.3) is 16.8 Å². The van der Waals surface area contributed by atoms with Crippen molar-refractivity contribution < 1.29 is 4.79 Å². The Morgan fingerprint density at radius 3 is 2.52 bits per heavy atom. The van der Waals surface area contributed by atoms with Gasteiger partial charge in [0.25, 0.3) is 5.91 Å². The molecule has 1 aliphatic heterocycles. The van der Waals surface area contributed by atoms with Crippen molar-refractivity contribution in [3.8, 4) is 11.1 Å². The van der Waals surface area contributed by atoms with Gasteiger partial charge in [0.05, 0.1) is 12.5 Å². The van der Waals surface area contributed by atoms with Crippen molar-refractivity contribution in [3.63, 3.8) is 0 Å². The molecule has 1 aromatic carbocycles. The van der Waals surface area contributed by atoms with Gasteiger partial charge < -0.3 is 20.1 Å². The Morgan fingerprint density at radius 1 is 1.06 bits per heavy atom. The number of aryl methyl sites for hydroxylation is 1. The molecular formula is C23H23Cl2N7O. The van der Waals surface area contributed by atoms with E-state index in [1.807, 2.05) is 42.5 Å². The van der Waals surface area contributed by atoms with Gasteiger partial charge in [-0.1, -0.05) is 29.3 Å². The van der Waals surface area contributed by atoms with E-state index in [1.165, 1.54) is 0 Å². The van der Waals surface area contributed by atoms with E-state index < -0.39 is 0 Å². The Hall–Kier alpha value is -3.07. The highest BCUT2D eigenvalue weighted by atomic mass is 35.5. The molecule has 0 bridgehead atoms. The van der Waals surface area contributed by atoms with E-state index in [4.69, 9.17) is 28.9 Å². The number of nitrogens with two attached hydrogens (primary N) is 1. The molecule has 1 fully saturated rings. The van der Waals surface area contributed by atoms with Crippen LogP contribution in [0.2, 0.25) is 10.0 Å². The number of hydrogen-bond donors (Lipinski definition) is 1. The third-order valence-electron chi connectivity index (χ3n) is 5.97. The molecule has 5 rings (SSSR count). The first kappa shape index (κ1) is 21.8. The molecule has 4 aromatic rings. The van der Waals surface area contributed by atoms with Crippen molar-refractivity contribution in [1.82, 2.24) is 23.8 Å². The van der Waals surface area contributed by atoms with Crippen molar-refractivity contribution in [2.45, 2.75) is 6.54 Å². The Labute approximate surface area is 201 Å². The van der Waals surface area contributed by atoms with Crippen LogP contribution in [0.5, 0.6) is 0 Å². The third-order valence-corrected chi connectivity index (χ3v) is 6.52. The van der Waals surface area contributed by atoms with E-state index in [1.54, 1.807) is 23.2 Å². The van der Waals surface area contributed by atoms with E-state index in [0.717, 1.165) is 28.2 Å². The van der Waals surface area contributed by atoms with Gasteiger partial charge in [-0.15, -0.1) is 0 Å². The average Bonchev–Trinajstić information content (AvgIpc) is 3.44. The second kappa shape index (κ2) is 8.70. The van der Waals surface area contributed by atoms with Crippen LogP contribution < -0.4 is 10.6 Å². The lowest BCUT2D eigenvalue weighted by atomic mass is 10.0. The van der Waals surface area contributed by atoms with Crippen molar-refractivity contribution >= 4 is 40.6 Å². The zero-order valence-corrected chi connectivity index (χ0v) is 19.6. The SMILES string of the molecule is Cn1cnc(C(=O)N2CCN(c3cnc4cc(CN)c(-c5ccc(Cl)cc5Cl)cn34)CC2)c1. The van der Waals surface area contributed by atoms with E-state index in [2.05, 4.69) is 19.3 Å². The molecule has 1 aliphatic rings. The minimum Gasteiger partial charge on any atom is -0.353 e. The van der Waals surface area contributed by atoms with Crippen LogP contribution in [0.3, 0.4) is 0 Å². The first-order valence-electron chi connectivity index (χ1n) is 10.6. The highest BCUT2D eigenvalue weighted by Gasteiger charge is 2.25. The van der Waals surface area contributed by atoms with E-state index in [0.29, 0.717) is 48.5 Å². The quantitative estimate of drug-likeness (QED) is 0.480. The summed E-state index contributed by atoms with van der Waals surface area (Å²) in [6, 6.07) is 7.45. The Bertz CT molecular complexity index is 1340. The summed E-state index contributed by atoms with van der Waals surface area (Å²) in [5, 5.41) is 1.15. The number of pyridine rings is 1. The summed E-state index contributed by atoms with van der Waals surface area (Å²) < 4.78 is 3.83. The number of hydrogen-bond acceptors (Lipinski definition) is 5. The molecule has 10 heteroatoms. The number of aromatic nitrogens is 4. The van der Waals surface area contributed by atoms with Crippen molar-refractivity contribution in [3.05, 3.63) is 70.5 Å². The zero-order chi connectivity index (χ0) is 23.1. The van der Waals surface area contributed by atoms with Gasteiger partial charge >= 0.3 is 0 Å². The largest absolute Gasteiger partial charge is 0.353 e. The fourth-order valence-corrected chi connectivity index (χ4v) is 4.74. The maximum absolute atomic E-state index is 12.7. The summed E-state index contributed by atoms with van der Waals surface area (Å²) in [7, 11) is 1.86. The van der Waals surface area contributed by atoms with Gasteiger partial charge in [-0.05, 0) is 23.8 Å². The predicted octanol–water partition coefficient (Wildman–Crippen LogP) is 3.46. The van der Waals surface area contributed by atoms with Gasteiger partial charge in [-0.3, -0.25) is 9.20 Å². The summed E-state index contributed by atoms with van der Waals surface area (Å²) in [4.78, 5) is 25.6. The van der Waals surface area contributed by atoms with Crippen LogP contribution in [-0.2, 0) is 13.6 Å². The van der Waals surface area contributed by atoms with E-state index >= 15 is 0 Å². The number of rotatable bonds is 4. The first-order chi connectivity index (χ1) is 15.9. The molecule has 8 nitrogen and oxygen atoms in total. The summed E-state index contributed by atoms with van der Waals surface area (Å²) in [6.45, 7) is 2.98. The standard InChI is InChI=1S/C23H23Cl2N7O/c1-29-13-20(28-14-29)23(33)31-6-4-30(5-7-31)22-11-27-21-8-15(10-26)18(12-32(21)22)17-3-2-16(24)9-19(17)25/h2-3,8-9,11-14H,4-7,10,26H2,1H3. The summed E-state index contributed by atoms with van der Waals surface area (Å²) in [5.41, 5.74) is 10.1. The second-order valence-electron chi connectivity index (χ2n) is 8.09. The molecule has 33 heavy (non-hydrogen) atoms. The lowest BCUT2D eigenvalue weighted by molar-refractivity contribution is 0.0741. The molecule has 170 valence electrons. The van der Waals surface area contributed by atoms with Gasteiger partial charge in [0.2, 0.25) is 0 Å². The smallest absolute Gasteiger partial charge is 0.274 e. The van der Waals surface area contributed by atoms with Crippen LogP contribution >= 0.6 is 23.2 Å². The van der Waals surface area contributed by atoms with Crippen LogP contribution in [0.1, 0.15) is 16.1 Å². The van der Waals surface area contributed by atoms with Gasteiger partial charge in [0, 0.05) is 73.3 Å². The molecular weight excluding hydrogens is 461 g/mol. The van der Waals surface area contributed by atoms with Crippen molar-refractivity contribution in [2.24, 2.45) is 12.8 Å². The highest BCUT2D eigenvalue weighted by Crippen LogP contribution is 2.34. The fourth-order valence-electron chi connectivity index (χ4n) is 4.23. The second-order valence-corrected chi connectivity index (χ2v) is 8.93. The number of piperazine rings is 1. The lowest BCUT2D eigenvalue weighted by Gasteiger charge is -2.35. The molecule has 0 aliphatic carbocycles. The number of fused-ring (bicyclic) bond motifs is 1. The van der Waals surface area contributed by atoms with Crippen LogP contribution in [0.4, 0.5) is 5.82 Å². The maximum Gasteiger partial charge on any atom is 0.274 e. The van der Waals surface area contributed by atoms with Crippen LogP contribution in [-0.4, -0.2) is 55.9 Å². The van der Waals surface area contributed by atoms with E-state index in [9.17, 15) is 4.79 Å². The van der Waals surface area contributed by atoms with E-state index in [-0.39, 0.29) is 5.91 Å². The van der Waals surface area contributed by atoms with Gasteiger partial charge in [-0.2, -0.15) is 0 Å². The number of carbonyl (C=O) groups excluding carboxylic acids is 1. The van der Waals surface area contributed by atoms with Crippen molar-refractivity contribution in [1.29, 1.82) is 0 Å². The minimum atomic E-state index is -0.0411. The monoisotopic (exact) mass is 483 g/mol. The number of anilines is 1. The van der Waals surface area contributed by atoms with Gasteiger partial charge in [0.1, 0.15) is 17.2 Å². The molecule has 1 saturated heterocycles. The van der Waals surface area contributed by atoms with Crippen molar-refractivity contribution in [2.75, 3.05) is 31.1 Å². The zero-order valence-electron chi connectivity index (χ0n) is 18.1. The van der Waals surface area contributed by atoms with Gasteiger partial charge in [0.15, 0.2) is 0 Å². The third kappa shape index (κ3) is 4.06. The summed E-state index contributed by atoms with van der Waals surface area (Å²) >= 11 is 12.6. The average molecular weight is 484 g/mol. The van der Waals surface area contributed by atoms with Crippen LogP contribution in [0, 0.1) is 0 Å². The Morgan fingerprint density at radius 2 is 1.85 bits per heavy atom. The molecule has 2 N–H and O–H groups in total. The number of benzene rings is 1. The molecule has 3 aromatic heterocycles. The lowest BCUT2D eigenvalue weighted by Crippen LogP contribution is -2.49. The number of nitrogens with zero attached hydrogens (tertiary/aromatic N) is 6. The highest BCUT2D eigenvalue weighted by molar-refractivity contribution is 6.36.